The summed E-state index contributed by atoms with van der Waals surface area (Å²) in [7, 11) is 1.59. The maximum atomic E-state index is 12.1. The second-order valence-electron chi connectivity index (χ2n) is 6.35. The number of hydrogen-bond acceptors (Lipinski definition) is 4. The van der Waals surface area contributed by atoms with Gasteiger partial charge in [-0.15, -0.1) is 0 Å². The zero-order valence-corrected chi connectivity index (χ0v) is 14.6. The Kier molecular flexibility index (Phi) is 7.12. The van der Waals surface area contributed by atoms with Crippen LogP contribution in [0.5, 0.6) is 11.5 Å². The van der Waals surface area contributed by atoms with Gasteiger partial charge in [0.25, 0.3) is 0 Å². The maximum Gasteiger partial charge on any atom is 0.244 e. The van der Waals surface area contributed by atoms with Crippen LogP contribution >= 0.6 is 0 Å². The fourth-order valence-electron chi connectivity index (χ4n) is 2.90. The molecule has 0 radical (unpaired) electrons. The zero-order chi connectivity index (χ0) is 17.4. The Balaban J connectivity index is 1.91. The Morgan fingerprint density at radius 1 is 1.29 bits per heavy atom. The first kappa shape index (κ1) is 18.3. The normalized spacial score (nSPS) is 20.8. The molecule has 0 heterocycles. The summed E-state index contributed by atoms with van der Waals surface area (Å²) < 4.78 is 10.8. The number of rotatable bonds is 7. The van der Waals surface area contributed by atoms with Crippen LogP contribution < -0.4 is 20.5 Å². The van der Waals surface area contributed by atoms with Crippen LogP contribution in [0.4, 0.5) is 0 Å². The summed E-state index contributed by atoms with van der Waals surface area (Å²) in [5.74, 6) is 2.02. The van der Waals surface area contributed by atoms with Gasteiger partial charge in [-0.1, -0.05) is 13.0 Å². The smallest absolute Gasteiger partial charge is 0.244 e. The fraction of sp³-hybridized carbons (Fsp3) is 0.526. The number of nitrogens with one attached hydrogen (secondary N) is 1. The van der Waals surface area contributed by atoms with Crippen molar-refractivity contribution in [3.05, 3.63) is 29.8 Å². The molecular formula is C19H28N2O3. The van der Waals surface area contributed by atoms with Gasteiger partial charge in [0.1, 0.15) is 6.61 Å². The Morgan fingerprint density at radius 3 is 2.71 bits per heavy atom. The SMILES string of the molecule is COc1cc(C=CC(=O)NC2CCC(C)CC2)ccc1OCCN. The first-order valence-electron chi connectivity index (χ1n) is 8.62. The summed E-state index contributed by atoms with van der Waals surface area (Å²) in [6, 6.07) is 5.87. The van der Waals surface area contributed by atoms with E-state index in [2.05, 4.69) is 12.2 Å². The van der Waals surface area contributed by atoms with Crippen molar-refractivity contribution in [2.75, 3.05) is 20.3 Å². The van der Waals surface area contributed by atoms with Gasteiger partial charge in [0, 0.05) is 18.7 Å². The summed E-state index contributed by atoms with van der Waals surface area (Å²) in [5, 5.41) is 3.08. The lowest BCUT2D eigenvalue weighted by Crippen LogP contribution is -2.36. The molecule has 1 aromatic rings. The molecule has 0 aromatic heterocycles. The Labute approximate surface area is 144 Å². The van der Waals surface area contributed by atoms with Gasteiger partial charge in [-0.2, -0.15) is 0 Å². The molecule has 0 spiro atoms. The van der Waals surface area contributed by atoms with E-state index in [1.165, 1.54) is 12.8 Å². The maximum absolute atomic E-state index is 12.1. The van der Waals surface area contributed by atoms with E-state index in [4.69, 9.17) is 15.2 Å². The van der Waals surface area contributed by atoms with Gasteiger partial charge in [-0.3, -0.25) is 4.79 Å². The number of carbonyl (C=O) groups excluding carboxylic acids is 1. The first-order chi connectivity index (χ1) is 11.6. The third kappa shape index (κ3) is 5.57. The van der Waals surface area contributed by atoms with E-state index in [1.807, 2.05) is 18.2 Å². The number of amides is 1. The van der Waals surface area contributed by atoms with Crippen molar-refractivity contribution < 1.29 is 14.3 Å². The Bertz CT molecular complexity index is 564. The molecule has 5 nitrogen and oxygen atoms in total. The van der Waals surface area contributed by atoms with Gasteiger partial charge in [-0.05, 0) is 55.4 Å². The molecule has 1 amide bonds. The molecule has 24 heavy (non-hydrogen) atoms. The molecule has 0 unspecified atom stereocenters. The van der Waals surface area contributed by atoms with Gasteiger partial charge >= 0.3 is 0 Å². The van der Waals surface area contributed by atoms with Crippen LogP contribution in [0.15, 0.2) is 24.3 Å². The fourth-order valence-corrected chi connectivity index (χ4v) is 2.90. The summed E-state index contributed by atoms with van der Waals surface area (Å²) >= 11 is 0. The van der Waals surface area contributed by atoms with Crippen LogP contribution in [0.3, 0.4) is 0 Å². The van der Waals surface area contributed by atoms with Gasteiger partial charge in [0.05, 0.1) is 7.11 Å². The molecule has 0 aliphatic heterocycles. The molecule has 3 N–H and O–H groups in total. The van der Waals surface area contributed by atoms with Crippen LogP contribution in [0, 0.1) is 5.92 Å². The van der Waals surface area contributed by atoms with Crippen molar-refractivity contribution in [3.63, 3.8) is 0 Å². The number of ether oxygens (including phenoxy) is 2. The van der Waals surface area contributed by atoms with Crippen LogP contribution in [-0.4, -0.2) is 32.2 Å². The van der Waals surface area contributed by atoms with E-state index in [-0.39, 0.29) is 5.91 Å². The first-order valence-corrected chi connectivity index (χ1v) is 8.62. The standard InChI is InChI=1S/C19H28N2O3/c1-14-3-7-16(8-4-14)21-19(22)10-6-15-5-9-17(24-12-11-20)18(13-15)23-2/h5-6,9-10,13-14,16H,3-4,7-8,11-12,20H2,1-2H3,(H,21,22). The van der Waals surface area contributed by atoms with Gasteiger partial charge in [0.15, 0.2) is 11.5 Å². The molecular weight excluding hydrogens is 304 g/mol. The molecule has 0 bridgehead atoms. The van der Waals surface area contributed by atoms with Crippen molar-refractivity contribution in [3.8, 4) is 11.5 Å². The third-order valence-corrected chi connectivity index (χ3v) is 4.35. The minimum atomic E-state index is -0.0445. The van der Waals surface area contributed by atoms with Crippen molar-refractivity contribution in [1.29, 1.82) is 0 Å². The van der Waals surface area contributed by atoms with E-state index in [0.717, 1.165) is 24.3 Å². The number of hydrogen-bond donors (Lipinski definition) is 2. The molecule has 1 aromatic carbocycles. The highest BCUT2D eigenvalue weighted by atomic mass is 16.5. The molecule has 5 heteroatoms. The number of methoxy groups -OCH3 is 1. The number of benzene rings is 1. The third-order valence-electron chi connectivity index (χ3n) is 4.35. The highest BCUT2D eigenvalue weighted by Crippen LogP contribution is 2.28. The lowest BCUT2D eigenvalue weighted by molar-refractivity contribution is -0.117. The summed E-state index contributed by atoms with van der Waals surface area (Å²) in [4.78, 5) is 12.1. The van der Waals surface area contributed by atoms with Crippen molar-refractivity contribution in [2.45, 2.75) is 38.6 Å². The van der Waals surface area contributed by atoms with Gasteiger partial charge in [0.2, 0.25) is 5.91 Å². The van der Waals surface area contributed by atoms with Crippen molar-refractivity contribution in [1.82, 2.24) is 5.32 Å². The summed E-state index contributed by atoms with van der Waals surface area (Å²) in [6.45, 7) is 3.16. The summed E-state index contributed by atoms with van der Waals surface area (Å²) in [5.41, 5.74) is 6.33. The van der Waals surface area contributed by atoms with Crippen LogP contribution in [0.25, 0.3) is 6.08 Å². The van der Waals surface area contributed by atoms with E-state index in [9.17, 15) is 4.79 Å². The lowest BCUT2D eigenvalue weighted by Gasteiger charge is -2.26. The van der Waals surface area contributed by atoms with Crippen molar-refractivity contribution in [2.24, 2.45) is 11.7 Å². The van der Waals surface area contributed by atoms with Crippen LogP contribution in [-0.2, 0) is 4.79 Å². The van der Waals surface area contributed by atoms with Crippen molar-refractivity contribution >= 4 is 12.0 Å². The topological polar surface area (TPSA) is 73.6 Å². The number of nitrogens with two attached hydrogens (primary N) is 1. The summed E-state index contributed by atoms with van der Waals surface area (Å²) in [6.07, 6.45) is 7.89. The number of carbonyl (C=O) groups is 1. The highest BCUT2D eigenvalue weighted by molar-refractivity contribution is 5.92. The molecule has 1 aliphatic rings. The van der Waals surface area contributed by atoms with E-state index >= 15 is 0 Å². The molecule has 0 atom stereocenters. The minimum Gasteiger partial charge on any atom is -0.493 e. The lowest BCUT2D eigenvalue weighted by atomic mass is 9.87. The zero-order valence-electron chi connectivity index (χ0n) is 14.6. The molecule has 2 rings (SSSR count). The average Bonchev–Trinajstić information content (AvgIpc) is 2.60. The van der Waals surface area contributed by atoms with Crippen LogP contribution in [0.1, 0.15) is 38.2 Å². The molecule has 0 saturated heterocycles. The Morgan fingerprint density at radius 2 is 2.04 bits per heavy atom. The monoisotopic (exact) mass is 332 g/mol. The van der Waals surface area contributed by atoms with E-state index in [0.29, 0.717) is 30.7 Å². The second-order valence-corrected chi connectivity index (χ2v) is 6.35. The second kappa shape index (κ2) is 9.33. The average molecular weight is 332 g/mol. The predicted molar refractivity (Wildman–Crippen MR) is 96.1 cm³/mol. The molecule has 1 aliphatic carbocycles. The van der Waals surface area contributed by atoms with E-state index in [1.54, 1.807) is 19.3 Å². The molecule has 1 saturated carbocycles. The van der Waals surface area contributed by atoms with Gasteiger partial charge < -0.3 is 20.5 Å². The molecule has 1 fully saturated rings. The van der Waals surface area contributed by atoms with E-state index < -0.39 is 0 Å². The van der Waals surface area contributed by atoms with Gasteiger partial charge in [-0.25, -0.2) is 0 Å². The quantitative estimate of drug-likeness (QED) is 0.753. The Hall–Kier alpha value is -2.01. The predicted octanol–water partition coefficient (Wildman–Crippen LogP) is 2.74. The highest BCUT2D eigenvalue weighted by Gasteiger charge is 2.18. The minimum absolute atomic E-state index is 0.0445. The molecule has 132 valence electrons. The van der Waals surface area contributed by atoms with Crippen LogP contribution in [0.2, 0.25) is 0 Å². The largest absolute Gasteiger partial charge is 0.493 e.